The zero-order valence-corrected chi connectivity index (χ0v) is 17.1. The van der Waals surface area contributed by atoms with E-state index in [1.54, 1.807) is 13.3 Å². The predicted octanol–water partition coefficient (Wildman–Crippen LogP) is 4.10. The fourth-order valence-corrected chi connectivity index (χ4v) is 3.43. The number of fused-ring (bicyclic) bond motifs is 1. The summed E-state index contributed by atoms with van der Waals surface area (Å²) in [5.74, 6) is 0.701. The predicted molar refractivity (Wildman–Crippen MR) is 118 cm³/mol. The van der Waals surface area contributed by atoms with E-state index in [1.165, 1.54) is 0 Å². The minimum Gasteiger partial charge on any atom is -0.497 e. The minimum absolute atomic E-state index is 0.122. The van der Waals surface area contributed by atoms with Crippen molar-refractivity contribution in [2.45, 2.75) is 19.9 Å². The SMILES string of the molecule is CCn1ncc2c(C(=O)NCCc3ccc(OC)cc3)cc(-c3ccccc3)nc21. The lowest BCUT2D eigenvalue weighted by Crippen LogP contribution is -2.26. The summed E-state index contributed by atoms with van der Waals surface area (Å²) in [5.41, 5.74) is 4.18. The lowest BCUT2D eigenvalue weighted by molar-refractivity contribution is 0.0955. The number of pyridine rings is 1. The van der Waals surface area contributed by atoms with Crippen molar-refractivity contribution in [3.05, 3.63) is 78.0 Å². The quantitative estimate of drug-likeness (QED) is 0.507. The molecule has 0 saturated heterocycles. The average Bonchev–Trinajstić information content (AvgIpc) is 3.22. The number of aromatic nitrogens is 3. The fourth-order valence-electron chi connectivity index (χ4n) is 3.43. The molecule has 0 atom stereocenters. The second-order valence-electron chi connectivity index (χ2n) is 6.97. The zero-order chi connectivity index (χ0) is 20.9. The summed E-state index contributed by atoms with van der Waals surface area (Å²) >= 11 is 0. The van der Waals surface area contributed by atoms with Gasteiger partial charge in [-0.1, -0.05) is 42.5 Å². The zero-order valence-electron chi connectivity index (χ0n) is 17.1. The van der Waals surface area contributed by atoms with Crippen LogP contribution in [-0.4, -0.2) is 34.3 Å². The Hall–Kier alpha value is -3.67. The van der Waals surface area contributed by atoms with Crippen molar-refractivity contribution in [1.29, 1.82) is 0 Å². The maximum Gasteiger partial charge on any atom is 0.252 e. The molecule has 2 aromatic carbocycles. The van der Waals surface area contributed by atoms with Crippen LogP contribution in [0.1, 0.15) is 22.8 Å². The highest BCUT2D eigenvalue weighted by atomic mass is 16.5. The number of amides is 1. The third-order valence-electron chi connectivity index (χ3n) is 5.08. The molecule has 6 heteroatoms. The van der Waals surface area contributed by atoms with E-state index in [2.05, 4.69) is 10.4 Å². The molecule has 2 aromatic heterocycles. The molecular formula is C24H24N4O2. The van der Waals surface area contributed by atoms with Gasteiger partial charge in [0.05, 0.1) is 30.0 Å². The standard InChI is InChI=1S/C24H24N4O2/c1-3-28-23-21(16-26-28)20(15-22(27-23)18-7-5-4-6-8-18)24(29)25-14-13-17-9-11-19(30-2)12-10-17/h4-12,15-16H,3,13-14H2,1-2H3,(H,25,29). The summed E-state index contributed by atoms with van der Waals surface area (Å²) in [6, 6.07) is 19.6. The van der Waals surface area contributed by atoms with Gasteiger partial charge >= 0.3 is 0 Å². The minimum atomic E-state index is -0.122. The second kappa shape index (κ2) is 8.78. The Morgan fingerprint density at radius 2 is 1.87 bits per heavy atom. The van der Waals surface area contributed by atoms with Crippen molar-refractivity contribution < 1.29 is 9.53 Å². The molecule has 0 unspecified atom stereocenters. The summed E-state index contributed by atoms with van der Waals surface area (Å²) in [4.78, 5) is 17.8. The van der Waals surface area contributed by atoms with Crippen LogP contribution < -0.4 is 10.1 Å². The number of ether oxygens (including phenoxy) is 1. The van der Waals surface area contributed by atoms with Gasteiger partial charge < -0.3 is 10.1 Å². The van der Waals surface area contributed by atoms with Crippen molar-refractivity contribution in [2.24, 2.45) is 0 Å². The van der Waals surface area contributed by atoms with Crippen molar-refractivity contribution >= 4 is 16.9 Å². The summed E-state index contributed by atoms with van der Waals surface area (Å²) in [6.45, 7) is 3.24. The van der Waals surface area contributed by atoms with Crippen LogP contribution in [0, 0.1) is 0 Å². The van der Waals surface area contributed by atoms with Gasteiger partial charge in [-0.3, -0.25) is 4.79 Å². The van der Waals surface area contributed by atoms with Gasteiger partial charge in [0.25, 0.3) is 5.91 Å². The fraction of sp³-hybridized carbons (Fsp3) is 0.208. The molecule has 0 aliphatic heterocycles. The molecular weight excluding hydrogens is 376 g/mol. The molecule has 1 N–H and O–H groups in total. The highest BCUT2D eigenvalue weighted by molar-refractivity contribution is 6.06. The summed E-state index contributed by atoms with van der Waals surface area (Å²) in [5, 5.41) is 8.20. The van der Waals surface area contributed by atoms with Crippen molar-refractivity contribution in [2.75, 3.05) is 13.7 Å². The molecule has 0 bridgehead atoms. The first-order valence-corrected chi connectivity index (χ1v) is 10.0. The number of hydrogen-bond donors (Lipinski definition) is 1. The molecule has 0 fully saturated rings. The molecule has 0 aliphatic carbocycles. The molecule has 4 aromatic rings. The number of methoxy groups -OCH3 is 1. The Morgan fingerprint density at radius 1 is 1.10 bits per heavy atom. The summed E-state index contributed by atoms with van der Waals surface area (Å²) < 4.78 is 7.00. The Labute approximate surface area is 175 Å². The largest absolute Gasteiger partial charge is 0.497 e. The lowest BCUT2D eigenvalue weighted by atomic mass is 10.1. The van der Waals surface area contributed by atoms with Crippen molar-refractivity contribution in [3.63, 3.8) is 0 Å². The topological polar surface area (TPSA) is 69.0 Å². The molecule has 0 saturated carbocycles. The lowest BCUT2D eigenvalue weighted by Gasteiger charge is -2.10. The number of carbonyl (C=O) groups excluding carboxylic acids is 1. The van der Waals surface area contributed by atoms with Gasteiger partial charge in [-0.15, -0.1) is 0 Å². The third kappa shape index (κ3) is 4.03. The Balaban J connectivity index is 1.58. The van der Waals surface area contributed by atoms with Crippen LogP contribution in [0.25, 0.3) is 22.3 Å². The molecule has 0 spiro atoms. The van der Waals surface area contributed by atoms with E-state index in [9.17, 15) is 4.79 Å². The first-order chi connectivity index (χ1) is 14.7. The van der Waals surface area contributed by atoms with E-state index >= 15 is 0 Å². The van der Waals surface area contributed by atoms with Gasteiger partial charge in [0.1, 0.15) is 5.75 Å². The number of nitrogens with one attached hydrogen (secondary N) is 1. The molecule has 30 heavy (non-hydrogen) atoms. The summed E-state index contributed by atoms with van der Waals surface area (Å²) in [6.07, 6.45) is 2.46. The van der Waals surface area contributed by atoms with Crippen LogP contribution in [0.5, 0.6) is 5.75 Å². The highest BCUT2D eigenvalue weighted by Crippen LogP contribution is 2.25. The maximum atomic E-state index is 13.0. The van der Waals surface area contributed by atoms with Crippen LogP contribution in [0.3, 0.4) is 0 Å². The number of nitrogens with zero attached hydrogens (tertiary/aromatic N) is 3. The molecule has 152 valence electrons. The Morgan fingerprint density at radius 3 is 2.57 bits per heavy atom. The van der Waals surface area contributed by atoms with E-state index < -0.39 is 0 Å². The van der Waals surface area contributed by atoms with E-state index in [0.717, 1.165) is 40.0 Å². The number of hydrogen-bond acceptors (Lipinski definition) is 4. The number of rotatable bonds is 7. The van der Waals surface area contributed by atoms with Crippen molar-refractivity contribution in [1.82, 2.24) is 20.1 Å². The third-order valence-corrected chi connectivity index (χ3v) is 5.08. The van der Waals surface area contributed by atoms with E-state index in [-0.39, 0.29) is 5.91 Å². The average molecular weight is 400 g/mol. The van der Waals surface area contributed by atoms with Gasteiger partial charge in [0.2, 0.25) is 0 Å². The highest BCUT2D eigenvalue weighted by Gasteiger charge is 2.17. The molecule has 4 rings (SSSR count). The Bertz CT molecular complexity index is 1150. The molecule has 2 heterocycles. The summed E-state index contributed by atoms with van der Waals surface area (Å²) in [7, 11) is 1.65. The second-order valence-corrected chi connectivity index (χ2v) is 6.97. The molecule has 1 amide bonds. The molecule has 0 radical (unpaired) electrons. The molecule has 6 nitrogen and oxygen atoms in total. The van der Waals surface area contributed by atoms with Crippen LogP contribution in [0.2, 0.25) is 0 Å². The van der Waals surface area contributed by atoms with Crippen LogP contribution in [0.4, 0.5) is 0 Å². The van der Waals surface area contributed by atoms with E-state index in [1.807, 2.05) is 72.3 Å². The smallest absolute Gasteiger partial charge is 0.252 e. The maximum absolute atomic E-state index is 13.0. The normalized spacial score (nSPS) is 10.9. The number of benzene rings is 2. The van der Waals surface area contributed by atoms with Crippen LogP contribution in [0.15, 0.2) is 66.9 Å². The first-order valence-electron chi connectivity index (χ1n) is 10.0. The van der Waals surface area contributed by atoms with E-state index in [0.29, 0.717) is 18.7 Å². The van der Waals surface area contributed by atoms with Crippen LogP contribution >= 0.6 is 0 Å². The van der Waals surface area contributed by atoms with E-state index in [4.69, 9.17) is 9.72 Å². The number of carbonyl (C=O) groups is 1. The monoisotopic (exact) mass is 400 g/mol. The van der Waals surface area contributed by atoms with Crippen molar-refractivity contribution in [3.8, 4) is 17.0 Å². The number of aryl methyl sites for hydroxylation is 1. The van der Waals surface area contributed by atoms with Gasteiger partial charge in [-0.05, 0) is 37.1 Å². The van der Waals surface area contributed by atoms with Crippen LogP contribution in [-0.2, 0) is 13.0 Å². The Kier molecular flexibility index (Phi) is 5.75. The first kappa shape index (κ1) is 19.6. The van der Waals surface area contributed by atoms with Gasteiger partial charge in [-0.25, -0.2) is 9.67 Å². The van der Waals surface area contributed by atoms with Gasteiger partial charge in [0, 0.05) is 18.7 Å². The van der Waals surface area contributed by atoms with Gasteiger partial charge in [-0.2, -0.15) is 5.10 Å². The van der Waals surface area contributed by atoms with Gasteiger partial charge in [0.15, 0.2) is 5.65 Å². The molecule has 0 aliphatic rings.